The molecule has 0 aliphatic rings. The summed E-state index contributed by atoms with van der Waals surface area (Å²) in [6, 6.07) is 7.50. The lowest BCUT2D eigenvalue weighted by Crippen LogP contribution is -2.11. The number of ketones is 2. The number of benzene rings is 1. The summed E-state index contributed by atoms with van der Waals surface area (Å²) in [4.78, 5) is 23.1. The molecule has 3 nitrogen and oxygen atoms in total. The molecule has 0 amide bonds. The van der Waals surface area contributed by atoms with Crippen LogP contribution < -0.4 is 5.32 Å². The Labute approximate surface area is 115 Å². The largest absolute Gasteiger partial charge is 0.361 e. The van der Waals surface area contributed by atoms with E-state index in [0.717, 1.165) is 16.6 Å². The van der Waals surface area contributed by atoms with Crippen molar-refractivity contribution in [3.05, 3.63) is 40.5 Å². The lowest BCUT2D eigenvalue weighted by molar-refractivity contribution is -0.120. The van der Waals surface area contributed by atoms with Gasteiger partial charge < -0.3 is 5.32 Å². The zero-order valence-corrected chi connectivity index (χ0v) is 12.1. The highest BCUT2D eigenvalue weighted by atomic mass is 79.9. The predicted octanol–water partition coefficient (Wildman–Crippen LogP) is 3.70. The van der Waals surface area contributed by atoms with E-state index in [2.05, 4.69) is 21.2 Å². The molecule has 1 aromatic rings. The molecule has 0 fully saturated rings. The topological polar surface area (TPSA) is 46.2 Å². The van der Waals surface area contributed by atoms with E-state index in [-0.39, 0.29) is 17.1 Å². The maximum absolute atomic E-state index is 11.7. The fourth-order valence-electron chi connectivity index (χ4n) is 1.44. The van der Waals surface area contributed by atoms with Crippen molar-refractivity contribution in [2.24, 2.45) is 0 Å². The van der Waals surface area contributed by atoms with Crippen molar-refractivity contribution in [3.63, 3.8) is 0 Å². The van der Waals surface area contributed by atoms with E-state index in [4.69, 9.17) is 0 Å². The Bertz CT molecular complexity index is 463. The molecule has 0 atom stereocenters. The number of anilines is 1. The Hall–Kier alpha value is -1.42. The molecule has 0 unspecified atom stereocenters. The molecule has 0 saturated heterocycles. The minimum atomic E-state index is -0.210. The highest BCUT2D eigenvalue weighted by Gasteiger charge is 2.12. The predicted molar refractivity (Wildman–Crippen MR) is 76.4 cm³/mol. The van der Waals surface area contributed by atoms with Crippen molar-refractivity contribution in [1.29, 1.82) is 0 Å². The second-order valence-corrected chi connectivity index (χ2v) is 4.85. The molecule has 0 spiro atoms. The standard InChI is InChI=1S/C14H16BrNO2/c1-3-4-14(18)13(10(2)17)9-16-12-7-5-11(15)6-8-12/h5-9,16H,3-4H2,1-2H3/b13-9-. The van der Waals surface area contributed by atoms with Gasteiger partial charge in [-0.1, -0.05) is 22.9 Å². The van der Waals surface area contributed by atoms with Gasteiger partial charge in [-0.25, -0.2) is 0 Å². The molecule has 0 heterocycles. The molecular weight excluding hydrogens is 294 g/mol. The van der Waals surface area contributed by atoms with Crippen molar-refractivity contribution in [3.8, 4) is 0 Å². The van der Waals surface area contributed by atoms with Gasteiger partial charge >= 0.3 is 0 Å². The fraction of sp³-hybridized carbons (Fsp3) is 0.286. The first kappa shape index (κ1) is 14.6. The molecule has 1 rings (SSSR count). The molecule has 0 bridgehead atoms. The van der Waals surface area contributed by atoms with Crippen LogP contribution in [0, 0.1) is 0 Å². The third kappa shape index (κ3) is 4.45. The Balaban J connectivity index is 2.80. The summed E-state index contributed by atoms with van der Waals surface area (Å²) < 4.78 is 0.978. The minimum Gasteiger partial charge on any atom is -0.361 e. The van der Waals surface area contributed by atoms with Gasteiger partial charge in [-0.15, -0.1) is 0 Å². The molecule has 4 heteroatoms. The number of carbonyl (C=O) groups excluding carboxylic acids is 2. The maximum atomic E-state index is 11.7. The van der Waals surface area contributed by atoms with Crippen LogP contribution in [0.2, 0.25) is 0 Å². The zero-order valence-electron chi connectivity index (χ0n) is 10.5. The van der Waals surface area contributed by atoms with E-state index >= 15 is 0 Å². The van der Waals surface area contributed by atoms with Crippen molar-refractivity contribution in [1.82, 2.24) is 0 Å². The first-order chi connectivity index (χ1) is 8.54. The normalized spacial score (nSPS) is 11.2. The Kier molecular flexibility index (Phi) is 5.78. The molecule has 18 heavy (non-hydrogen) atoms. The minimum absolute atomic E-state index is 0.116. The van der Waals surface area contributed by atoms with E-state index < -0.39 is 0 Å². The van der Waals surface area contributed by atoms with Crippen LogP contribution in [0.4, 0.5) is 5.69 Å². The Morgan fingerprint density at radius 1 is 1.28 bits per heavy atom. The van der Waals surface area contributed by atoms with Crippen molar-refractivity contribution in [2.75, 3.05) is 5.32 Å². The third-order valence-electron chi connectivity index (χ3n) is 2.38. The summed E-state index contributed by atoms with van der Waals surface area (Å²) >= 11 is 3.34. The second kappa shape index (κ2) is 7.11. The summed E-state index contributed by atoms with van der Waals surface area (Å²) in [7, 11) is 0. The van der Waals surface area contributed by atoms with Gasteiger partial charge in [-0.2, -0.15) is 0 Å². The SMILES string of the molecule is CCCC(=O)/C(=C\Nc1ccc(Br)cc1)C(C)=O. The number of hydrogen-bond donors (Lipinski definition) is 1. The smallest absolute Gasteiger partial charge is 0.167 e. The molecule has 96 valence electrons. The first-order valence-corrected chi connectivity index (χ1v) is 6.60. The number of hydrogen-bond acceptors (Lipinski definition) is 3. The van der Waals surface area contributed by atoms with Crippen LogP contribution in [0.5, 0.6) is 0 Å². The number of halogens is 1. The van der Waals surface area contributed by atoms with E-state index in [1.54, 1.807) is 0 Å². The lowest BCUT2D eigenvalue weighted by Gasteiger charge is -2.04. The molecule has 0 aliphatic heterocycles. The Morgan fingerprint density at radius 3 is 2.39 bits per heavy atom. The number of rotatable bonds is 6. The summed E-state index contributed by atoms with van der Waals surface area (Å²) in [5.74, 6) is -0.326. The van der Waals surface area contributed by atoms with Crippen LogP contribution in [0.1, 0.15) is 26.7 Å². The van der Waals surface area contributed by atoms with Gasteiger partial charge in [0.1, 0.15) is 0 Å². The molecule has 0 saturated carbocycles. The monoisotopic (exact) mass is 309 g/mol. The maximum Gasteiger partial charge on any atom is 0.167 e. The summed E-state index contributed by atoms with van der Waals surface area (Å²) in [5, 5.41) is 2.97. The molecule has 0 aromatic heterocycles. The molecule has 0 radical (unpaired) electrons. The van der Waals surface area contributed by atoms with Crippen LogP contribution in [0.3, 0.4) is 0 Å². The van der Waals surface area contributed by atoms with Gasteiger partial charge in [0.2, 0.25) is 0 Å². The average Bonchev–Trinajstić information content (AvgIpc) is 2.31. The quantitative estimate of drug-likeness (QED) is 0.495. The van der Waals surface area contributed by atoms with Gasteiger partial charge in [0, 0.05) is 22.8 Å². The zero-order chi connectivity index (χ0) is 13.5. The van der Waals surface area contributed by atoms with E-state index in [1.165, 1.54) is 13.1 Å². The molecular formula is C14H16BrNO2. The molecule has 0 aliphatic carbocycles. The summed E-state index contributed by atoms with van der Waals surface area (Å²) in [6.07, 6.45) is 2.62. The first-order valence-electron chi connectivity index (χ1n) is 5.81. The van der Waals surface area contributed by atoms with Crippen LogP contribution in [0.25, 0.3) is 0 Å². The lowest BCUT2D eigenvalue weighted by atomic mass is 10.1. The van der Waals surface area contributed by atoms with Crippen molar-refractivity contribution < 1.29 is 9.59 Å². The summed E-state index contributed by atoms with van der Waals surface area (Å²) in [6.45, 7) is 3.32. The van der Waals surface area contributed by atoms with Gasteiger partial charge in [0.05, 0.1) is 5.57 Å². The highest BCUT2D eigenvalue weighted by Crippen LogP contribution is 2.15. The highest BCUT2D eigenvalue weighted by molar-refractivity contribution is 9.10. The average molecular weight is 310 g/mol. The Morgan fingerprint density at radius 2 is 1.89 bits per heavy atom. The van der Waals surface area contributed by atoms with Crippen molar-refractivity contribution in [2.45, 2.75) is 26.7 Å². The molecule has 1 aromatic carbocycles. The van der Waals surface area contributed by atoms with Crippen molar-refractivity contribution >= 4 is 33.2 Å². The van der Waals surface area contributed by atoms with E-state index in [9.17, 15) is 9.59 Å². The van der Waals surface area contributed by atoms with Gasteiger partial charge in [-0.3, -0.25) is 9.59 Å². The van der Waals surface area contributed by atoms with Crippen LogP contribution in [-0.4, -0.2) is 11.6 Å². The number of nitrogens with one attached hydrogen (secondary N) is 1. The second-order valence-electron chi connectivity index (χ2n) is 3.94. The van der Waals surface area contributed by atoms with E-state index in [0.29, 0.717) is 6.42 Å². The number of Topliss-reactive ketones (excluding diaryl/α,β-unsaturated/α-hetero) is 2. The number of allylic oxidation sites excluding steroid dienone is 1. The van der Waals surface area contributed by atoms with Gasteiger partial charge in [0.25, 0.3) is 0 Å². The molecule has 1 N–H and O–H groups in total. The van der Waals surface area contributed by atoms with Gasteiger partial charge in [-0.05, 0) is 37.6 Å². The van der Waals surface area contributed by atoms with Crippen LogP contribution in [0.15, 0.2) is 40.5 Å². The van der Waals surface area contributed by atoms with E-state index in [1.807, 2.05) is 31.2 Å². The fourth-order valence-corrected chi connectivity index (χ4v) is 1.71. The van der Waals surface area contributed by atoms with Crippen LogP contribution >= 0.6 is 15.9 Å². The van der Waals surface area contributed by atoms with Gasteiger partial charge in [0.15, 0.2) is 11.6 Å². The van der Waals surface area contributed by atoms with Crippen LogP contribution in [-0.2, 0) is 9.59 Å². The number of carbonyl (C=O) groups is 2. The summed E-state index contributed by atoms with van der Waals surface area (Å²) in [5.41, 5.74) is 1.06. The third-order valence-corrected chi connectivity index (χ3v) is 2.91.